The van der Waals surface area contributed by atoms with Gasteiger partial charge in [-0.2, -0.15) is 0 Å². The largest absolute Gasteiger partial charge is 0.497 e. The molecule has 0 saturated carbocycles. The minimum absolute atomic E-state index is 0.300. The first-order valence-corrected chi connectivity index (χ1v) is 8.62. The summed E-state index contributed by atoms with van der Waals surface area (Å²) in [5, 5.41) is 4.96. The summed E-state index contributed by atoms with van der Waals surface area (Å²) < 4.78 is 10.1. The molecule has 4 N–H and O–H groups in total. The van der Waals surface area contributed by atoms with Crippen LogP contribution >= 0.6 is 0 Å². The molecule has 0 spiro atoms. The Hall–Kier alpha value is -3.88. The summed E-state index contributed by atoms with van der Waals surface area (Å²) in [6.45, 7) is 0.996. The lowest BCUT2D eigenvalue weighted by Crippen LogP contribution is -2.35. The second-order valence-corrected chi connectivity index (χ2v) is 5.98. The number of esters is 1. The topological polar surface area (TPSA) is 137 Å². The molecular weight excluding hydrogens is 378 g/mol. The first-order chi connectivity index (χ1) is 13.8. The molecule has 152 valence electrons. The molecule has 0 aliphatic heterocycles. The monoisotopic (exact) mass is 399 g/mol. The van der Waals surface area contributed by atoms with Crippen molar-refractivity contribution in [3.8, 4) is 5.75 Å². The van der Waals surface area contributed by atoms with E-state index in [2.05, 4.69) is 10.6 Å². The second kappa shape index (κ2) is 9.88. The molecule has 0 radical (unpaired) electrons. The Morgan fingerprint density at radius 2 is 1.72 bits per heavy atom. The highest BCUT2D eigenvalue weighted by Crippen LogP contribution is 2.12. The van der Waals surface area contributed by atoms with E-state index in [-0.39, 0.29) is 0 Å². The van der Waals surface area contributed by atoms with Crippen LogP contribution in [0.15, 0.2) is 48.5 Å². The summed E-state index contributed by atoms with van der Waals surface area (Å²) in [4.78, 5) is 47.1. The SMILES string of the molecule is COc1cccc(C(=O)NCC(=O)O[C@H](C)C(=O)Nc2ccc(C(N)=O)cc2)c1. The van der Waals surface area contributed by atoms with Gasteiger partial charge in [-0.3, -0.25) is 19.2 Å². The van der Waals surface area contributed by atoms with Gasteiger partial charge in [0.15, 0.2) is 6.10 Å². The molecular formula is C20H21N3O6. The molecule has 3 amide bonds. The number of nitrogens with two attached hydrogens (primary N) is 1. The fourth-order valence-electron chi connectivity index (χ4n) is 2.27. The highest BCUT2D eigenvalue weighted by atomic mass is 16.5. The van der Waals surface area contributed by atoms with Crippen molar-refractivity contribution < 1.29 is 28.7 Å². The normalized spacial score (nSPS) is 11.1. The third-order valence-corrected chi connectivity index (χ3v) is 3.84. The molecule has 2 aromatic rings. The number of hydrogen-bond acceptors (Lipinski definition) is 6. The van der Waals surface area contributed by atoms with Gasteiger partial charge < -0.3 is 25.8 Å². The number of carbonyl (C=O) groups is 4. The van der Waals surface area contributed by atoms with Gasteiger partial charge in [0.25, 0.3) is 11.8 Å². The quantitative estimate of drug-likeness (QED) is 0.569. The van der Waals surface area contributed by atoms with Crippen molar-refractivity contribution in [2.45, 2.75) is 13.0 Å². The maximum Gasteiger partial charge on any atom is 0.326 e. The minimum atomic E-state index is -1.09. The van der Waals surface area contributed by atoms with Crippen LogP contribution in [0.3, 0.4) is 0 Å². The van der Waals surface area contributed by atoms with E-state index in [9.17, 15) is 19.2 Å². The summed E-state index contributed by atoms with van der Waals surface area (Å²) in [6, 6.07) is 12.4. The fourth-order valence-corrected chi connectivity index (χ4v) is 2.27. The van der Waals surface area contributed by atoms with Crippen LogP contribution in [0.1, 0.15) is 27.6 Å². The van der Waals surface area contributed by atoms with Gasteiger partial charge >= 0.3 is 5.97 Å². The molecule has 0 aromatic heterocycles. The Morgan fingerprint density at radius 3 is 2.34 bits per heavy atom. The number of anilines is 1. The minimum Gasteiger partial charge on any atom is -0.497 e. The van der Waals surface area contributed by atoms with Gasteiger partial charge in [0.2, 0.25) is 5.91 Å². The molecule has 0 heterocycles. The molecule has 29 heavy (non-hydrogen) atoms. The Morgan fingerprint density at radius 1 is 1.03 bits per heavy atom. The number of methoxy groups -OCH3 is 1. The smallest absolute Gasteiger partial charge is 0.326 e. The first-order valence-electron chi connectivity index (χ1n) is 8.62. The number of hydrogen-bond donors (Lipinski definition) is 3. The van der Waals surface area contributed by atoms with Crippen molar-refractivity contribution in [3.63, 3.8) is 0 Å². The van der Waals surface area contributed by atoms with E-state index in [0.29, 0.717) is 22.6 Å². The van der Waals surface area contributed by atoms with E-state index in [1.807, 2.05) is 0 Å². The molecule has 1 atom stereocenters. The molecule has 9 nitrogen and oxygen atoms in total. The van der Waals surface area contributed by atoms with Crippen LogP contribution in [0.4, 0.5) is 5.69 Å². The number of ether oxygens (including phenoxy) is 2. The molecule has 0 saturated heterocycles. The van der Waals surface area contributed by atoms with Crippen LogP contribution in [-0.4, -0.2) is 43.4 Å². The molecule has 2 aromatic carbocycles. The van der Waals surface area contributed by atoms with Crippen LogP contribution in [-0.2, 0) is 14.3 Å². The second-order valence-electron chi connectivity index (χ2n) is 5.98. The maximum atomic E-state index is 12.1. The number of amides is 3. The molecule has 0 aliphatic rings. The maximum absolute atomic E-state index is 12.1. The Kier molecular flexibility index (Phi) is 7.30. The van der Waals surface area contributed by atoms with Gasteiger partial charge in [-0.15, -0.1) is 0 Å². The lowest BCUT2D eigenvalue weighted by atomic mass is 10.2. The van der Waals surface area contributed by atoms with E-state index < -0.39 is 36.3 Å². The van der Waals surface area contributed by atoms with Gasteiger partial charge in [0.05, 0.1) is 7.11 Å². The molecule has 0 fully saturated rings. The van der Waals surface area contributed by atoms with Crippen LogP contribution in [0.25, 0.3) is 0 Å². The third-order valence-electron chi connectivity index (χ3n) is 3.84. The van der Waals surface area contributed by atoms with Gasteiger partial charge in [0, 0.05) is 16.8 Å². The molecule has 0 unspecified atom stereocenters. The summed E-state index contributed by atoms with van der Waals surface area (Å²) in [6.07, 6.45) is -1.09. The van der Waals surface area contributed by atoms with Crippen molar-refractivity contribution in [1.29, 1.82) is 0 Å². The van der Waals surface area contributed by atoms with Crippen molar-refractivity contribution >= 4 is 29.4 Å². The zero-order chi connectivity index (χ0) is 21.4. The third kappa shape index (κ3) is 6.35. The van der Waals surface area contributed by atoms with Crippen molar-refractivity contribution in [1.82, 2.24) is 5.32 Å². The summed E-state index contributed by atoms with van der Waals surface area (Å²) in [7, 11) is 1.48. The van der Waals surface area contributed by atoms with E-state index >= 15 is 0 Å². The van der Waals surface area contributed by atoms with E-state index in [1.165, 1.54) is 44.4 Å². The number of rotatable bonds is 8. The van der Waals surface area contributed by atoms with Crippen molar-refractivity contribution in [2.75, 3.05) is 19.0 Å². The van der Waals surface area contributed by atoms with Crippen LogP contribution < -0.4 is 21.1 Å². The Bertz CT molecular complexity index is 911. The van der Waals surface area contributed by atoms with E-state index in [0.717, 1.165) is 0 Å². The van der Waals surface area contributed by atoms with Gasteiger partial charge in [-0.25, -0.2) is 0 Å². The highest BCUT2D eigenvalue weighted by Gasteiger charge is 2.19. The standard InChI is InChI=1S/C20H21N3O6/c1-12(19(26)23-15-8-6-13(7-9-15)18(21)25)29-17(24)11-22-20(27)14-4-3-5-16(10-14)28-2/h3-10,12H,11H2,1-2H3,(H2,21,25)(H,22,27)(H,23,26)/t12-/m1/s1. The predicted octanol–water partition coefficient (Wildman–Crippen LogP) is 1.09. The van der Waals surface area contributed by atoms with E-state index in [4.69, 9.17) is 15.2 Å². The number of primary amides is 1. The van der Waals surface area contributed by atoms with Crippen molar-refractivity contribution in [3.05, 3.63) is 59.7 Å². The molecule has 9 heteroatoms. The number of benzene rings is 2. The zero-order valence-corrected chi connectivity index (χ0v) is 15.9. The van der Waals surface area contributed by atoms with Gasteiger partial charge in [-0.05, 0) is 49.4 Å². The lowest BCUT2D eigenvalue weighted by Gasteiger charge is -2.14. The molecule has 0 bridgehead atoms. The predicted molar refractivity (Wildman–Crippen MR) is 104 cm³/mol. The van der Waals surface area contributed by atoms with Crippen LogP contribution in [0.2, 0.25) is 0 Å². The summed E-state index contributed by atoms with van der Waals surface area (Å²) >= 11 is 0. The first kappa shape index (κ1) is 21.4. The Labute approximate surface area is 167 Å². The fraction of sp³-hybridized carbons (Fsp3) is 0.200. The Balaban J connectivity index is 1.82. The molecule has 0 aliphatic carbocycles. The van der Waals surface area contributed by atoms with Crippen LogP contribution in [0.5, 0.6) is 5.75 Å². The van der Waals surface area contributed by atoms with Crippen LogP contribution in [0, 0.1) is 0 Å². The zero-order valence-electron chi connectivity index (χ0n) is 15.9. The number of nitrogens with one attached hydrogen (secondary N) is 2. The molecule has 2 rings (SSSR count). The van der Waals surface area contributed by atoms with Crippen molar-refractivity contribution in [2.24, 2.45) is 5.73 Å². The average molecular weight is 399 g/mol. The van der Waals surface area contributed by atoms with E-state index in [1.54, 1.807) is 18.2 Å². The average Bonchev–Trinajstić information content (AvgIpc) is 2.72. The van der Waals surface area contributed by atoms with Gasteiger partial charge in [-0.1, -0.05) is 6.07 Å². The highest BCUT2D eigenvalue weighted by molar-refractivity contribution is 5.98. The summed E-state index contributed by atoms with van der Waals surface area (Å²) in [5.41, 5.74) is 6.18. The van der Waals surface area contributed by atoms with Gasteiger partial charge in [0.1, 0.15) is 12.3 Å². The lowest BCUT2D eigenvalue weighted by molar-refractivity contribution is -0.152. The number of carbonyl (C=O) groups excluding carboxylic acids is 4. The summed E-state index contributed by atoms with van der Waals surface area (Å²) in [5.74, 6) is -1.89.